The van der Waals surface area contributed by atoms with Crippen molar-refractivity contribution in [2.75, 3.05) is 33.7 Å². The summed E-state index contributed by atoms with van der Waals surface area (Å²) in [5.74, 6) is 2.32. The Labute approximate surface area is 156 Å². The molecule has 0 aliphatic carbocycles. The van der Waals surface area contributed by atoms with Crippen molar-refractivity contribution in [3.05, 3.63) is 12.1 Å². The van der Waals surface area contributed by atoms with Crippen LogP contribution in [0.15, 0.2) is 21.8 Å². The molecule has 0 fully saturated rings. The molecule has 26 heavy (non-hydrogen) atoms. The summed E-state index contributed by atoms with van der Waals surface area (Å²) in [5.41, 5.74) is 0.658. The van der Waals surface area contributed by atoms with E-state index in [9.17, 15) is 4.79 Å². The van der Waals surface area contributed by atoms with Gasteiger partial charge in [-0.2, -0.15) is 0 Å². The van der Waals surface area contributed by atoms with Gasteiger partial charge in [0, 0.05) is 17.7 Å². The number of carbonyl (C=O) groups excluding carboxylic acids is 1. The first-order valence-corrected chi connectivity index (χ1v) is 9.03. The molecule has 0 atom stereocenters. The Bertz CT molecular complexity index is 709. The predicted octanol–water partition coefficient (Wildman–Crippen LogP) is 3.20. The number of ether oxygens (including phenoxy) is 4. The number of nitrogens with zero attached hydrogens (tertiary/aromatic N) is 2. The average Bonchev–Trinajstić information content (AvgIpc) is 3.13. The van der Waals surface area contributed by atoms with E-state index in [0.717, 1.165) is 0 Å². The van der Waals surface area contributed by atoms with E-state index in [2.05, 4.69) is 10.2 Å². The Morgan fingerprint density at radius 2 is 1.81 bits per heavy atom. The van der Waals surface area contributed by atoms with E-state index in [4.69, 9.17) is 23.4 Å². The summed E-state index contributed by atoms with van der Waals surface area (Å²) in [6, 6.07) is 3.48. The molecule has 0 aliphatic rings. The molecule has 1 heterocycles. The number of esters is 1. The van der Waals surface area contributed by atoms with Crippen LogP contribution in [-0.4, -0.2) is 49.9 Å². The Hall–Kier alpha value is -2.42. The molecule has 0 saturated carbocycles. The molecular weight excluding hydrogens is 360 g/mol. The topological polar surface area (TPSA) is 92.9 Å². The third-order valence-corrected chi connectivity index (χ3v) is 4.28. The van der Waals surface area contributed by atoms with Gasteiger partial charge in [-0.1, -0.05) is 11.8 Å². The minimum absolute atomic E-state index is 0.197. The van der Waals surface area contributed by atoms with Gasteiger partial charge in [0.05, 0.1) is 27.9 Å². The van der Waals surface area contributed by atoms with Gasteiger partial charge in [0.25, 0.3) is 5.22 Å². The summed E-state index contributed by atoms with van der Waals surface area (Å²) in [7, 11) is 4.62. The molecule has 0 spiro atoms. The van der Waals surface area contributed by atoms with Gasteiger partial charge in [-0.25, -0.2) is 0 Å². The second-order valence-corrected chi connectivity index (χ2v) is 6.09. The standard InChI is InChI=1S/C17H22N2O6S/c1-5-24-14(20)7-6-8-26-17-19-18-16(25-17)11-9-12(21-2)15(23-4)13(10-11)22-3/h9-10H,5-8H2,1-4H3. The van der Waals surface area contributed by atoms with Crippen molar-refractivity contribution < 1.29 is 28.2 Å². The van der Waals surface area contributed by atoms with Gasteiger partial charge in [0.1, 0.15) is 0 Å². The number of hydrogen-bond donors (Lipinski definition) is 0. The molecule has 2 aromatic rings. The highest BCUT2D eigenvalue weighted by atomic mass is 32.2. The average molecular weight is 382 g/mol. The van der Waals surface area contributed by atoms with E-state index in [-0.39, 0.29) is 5.97 Å². The molecule has 0 unspecified atom stereocenters. The quantitative estimate of drug-likeness (QED) is 0.349. The summed E-state index contributed by atoms with van der Waals surface area (Å²) in [6.45, 7) is 2.18. The lowest BCUT2D eigenvalue weighted by molar-refractivity contribution is -0.143. The highest BCUT2D eigenvalue weighted by Gasteiger charge is 2.17. The van der Waals surface area contributed by atoms with E-state index in [1.165, 1.54) is 18.9 Å². The number of hydrogen-bond acceptors (Lipinski definition) is 9. The zero-order valence-electron chi connectivity index (χ0n) is 15.2. The first kappa shape index (κ1) is 19.9. The Kier molecular flexibility index (Phi) is 7.58. The van der Waals surface area contributed by atoms with Crippen molar-refractivity contribution in [2.24, 2.45) is 0 Å². The number of aromatic nitrogens is 2. The Morgan fingerprint density at radius 3 is 2.38 bits per heavy atom. The first-order valence-electron chi connectivity index (χ1n) is 8.05. The molecule has 1 aromatic heterocycles. The number of carbonyl (C=O) groups is 1. The lowest BCUT2D eigenvalue weighted by Gasteiger charge is -2.12. The van der Waals surface area contributed by atoms with Gasteiger partial charge in [0.15, 0.2) is 11.5 Å². The fourth-order valence-electron chi connectivity index (χ4n) is 2.20. The molecule has 1 aromatic carbocycles. The van der Waals surface area contributed by atoms with Gasteiger partial charge < -0.3 is 23.4 Å². The fourth-order valence-corrected chi connectivity index (χ4v) is 2.90. The minimum Gasteiger partial charge on any atom is -0.493 e. The zero-order valence-corrected chi connectivity index (χ0v) is 16.1. The van der Waals surface area contributed by atoms with Crippen molar-refractivity contribution >= 4 is 17.7 Å². The van der Waals surface area contributed by atoms with Crippen LogP contribution in [0.2, 0.25) is 0 Å². The molecule has 0 saturated heterocycles. The number of benzene rings is 1. The molecule has 8 nitrogen and oxygen atoms in total. The maximum absolute atomic E-state index is 11.3. The maximum atomic E-state index is 11.3. The number of rotatable bonds is 10. The highest BCUT2D eigenvalue weighted by molar-refractivity contribution is 7.99. The number of thioether (sulfide) groups is 1. The van der Waals surface area contributed by atoms with Crippen LogP contribution >= 0.6 is 11.8 Å². The fraction of sp³-hybridized carbons (Fsp3) is 0.471. The lowest BCUT2D eigenvalue weighted by Crippen LogP contribution is -2.03. The summed E-state index contributed by atoms with van der Waals surface area (Å²) < 4.78 is 26.5. The van der Waals surface area contributed by atoms with Crippen LogP contribution in [0.1, 0.15) is 19.8 Å². The van der Waals surface area contributed by atoms with Crippen LogP contribution in [0, 0.1) is 0 Å². The molecule has 0 N–H and O–H groups in total. The van der Waals surface area contributed by atoms with Gasteiger partial charge in [-0.05, 0) is 25.5 Å². The summed E-state index contributed by atoms with van der Waals surface area (Å²) in [4.78, 5) is 11.3. The lowest BCUT2D eigenvalue weighted by atomic mass is 10.2. The van der Waals surface area contributed by atoms with Crippen molar-refractivity contribution in [3.8, 4) is 28.7 Å². The number of methoxy groups -OCH3 is 3. The Balaban J connectivity index is 2.04. The van der Waals surface area contributed by atoms with Crippen LogP contribution in [-0.2, 0) is 9.53 Å². The first-order chi connectivity index (χ1) is 12.6. The smallest absolute Gasteiger partial charge is 0.305 e. The van der Waals surface area contributed by atoms with E-state index in [1.807, 2.05) is 0 Å². The second kappa shape index (κ2) is 9.91. The minimum atomic E-state index is -0.197. The molecular formula is C17H22N2O6S. The van der Waals surface area contributed by atoms with Crippen molar-refractivity contribution in [3.63, 3.8) is 0 Å². The van der Waals surface area contributed by atoms with Crippen LogP contribution in [0.25, 0.3) is 11.5 Å². The van der Waals surface area contributed by atoms with Crippen molar-refractivity contribution in [1.82, 2.24) is 10.2 Å². The summed E-state index contributed by atoms with van der Waals surface area (Å²) in [6.07, 6.45) is 1.04. The maximum Gasteiger partial charge on any atom is 0.305 e. The Morgan fingerprint density at radius 1 is 1.12 bits per heavy atom. The van der Waals surface area contributed by atoms with Crippen molar-refractivity contribution in [1.29, 1.82) is 0 Å². The van der Waals surface area contributed by atoms with Gasteiger partial charge >= 0.3 is 5.97 Å². The molecule has 0 aliphatic heterocycles. The molecule has 0 amide bonds. The normalized spacial score (nSPS) is 10.5. The predicted molar refractivity (Wildman–Crippen MR) is 96.0 cm³/mol. The molecule has 9 heteroatoms. The molecule has 2 rings (SSSR count). The van der Waals surface area contributed by atoms with Gasteiger partial charge in [0.2, 0.25) is 11.6 Å². The van der Waals surface area contributed by atoms with E-state index < -0.39 is 0 Å². The van der Waals surface area contributed by atoms with E-state index in [0.29, 0.717) is 59.1 Å². The van der Waals surface area contributed by atoms with Gasteiger partial charge in [-0.3, -0.25) is 4.79 Å². The molecule has 142 valence electrons. The van der Waals surface area contributed by atoms with E-state index in [1.54, 1.807) is 33.3 Å². The van der Waals surface area contributed by atoms with Crippen molar-refractivity contribution in [2.45, 2.75) is 25.0 Å². The van der Waals surface area contributed by atoms with Crippen LogP contribution < -0.4 is 14.2 Å². The van der Waals surface area contributed by atoms with Crippen LogP contribution in [0.3, 0.4) is 0 Å². The van der Waals surface area contributed by atoms with E-state index >= 15 is 0 Å². The van der Waals surface area contributed by atoms with Crippen LogP contribution in [0.4, 0.5) is 0 Å². The summed E-state index contributed by atoms with van der Waals surface area (Å²) in [5, 5.41) is 8.50. The van der Waals surface area contributed by atoms with Gasteiger partial charge in [-0.15, -0.1) is 10.2 Å². The third kappa shape index (κ3) is 5.04. The second-order valence-electron chi connectivity index (χ2n) is 5.04. The molecule has 0 radical (unpaired) electrons. The third-order valence-electron chi connectivity index (χ3n) is 3.37. The SMILES string of the molecule is CCOC(=O)CCCSc1nnc(-c2cc(OC)c(OC)c(OC)c2)o1. The van der Waals surface area contributed by atoms with Crippen LogP contribution in [0.5, 0.6) is 17.2 Å². The highest BCUT2D eigenvalue weighted by Crippen LogP contribution is 2.41. The largest absolute Gasteiger partial charge is 0.493 e. The zero-order chi connectivity index (χ0) is 18.9. The summed E-state index contributed by atoms with van der Waals surface area (Å²) >= 11 is 1.39. The monoisotopic (exact) mass is 382 g/mol. The molecule has 0 bridgehead atoms.